The topological polar surface area (TPSA) is 85.2 Å². The molecular formula is C15H16F2N4O3. The lowest BCUT2D eigenvalue weighted by atomic mass is 10.1. The maximum absolute atomic E-state index is 13.8. The second-order valence-electron chi connectivity index (χ2n) is 5.07. The molecule has 128 valence electrons. The van der Waals surface area contributed by atoms with Gasteiger partial charge in [-0.15, -0.1) is 0 Å². The molecule has 1 heterocycles. The molecule has 0 saturated carbocycles. The zero-order valence-corrected chi connectivity index (χ0v) is 13.3. The number of aromatic nitrogens is 2. The standard InChI is InChI=1S/C15H16F2N4O3/c1-8(9-6-18-21(2)7-9)19-15(23)20-13-4-10(14(22)24-3)11(16)5-12(13)17/h4-8H,1-3H3,(H2,19,20,23). The first-order valence-corrected chi connectivity index (χ1v) is 6.95. The Labute approximate surface area is 136 Å². The van der Waals surface area contributed by atoms with Crippen LogP contribution in [0.3, 0.4) is 0 Å². The summed E-state index contributed by atoms with van der Waals surface area (Å²) in [4.78, 5) is 23.4. The van der Waals surface area contributed by atoms with Crippen LogP contribution in [0.4, 0.5) is 19.3 Å². The summed E-state index contributed by atoms with van der Waals surface area (Å²) in [6.45, 7) is 1.72. The molecule has 1 unspecified atom stereocenters. The van der Waals surface area contributed by atoms with E-state index in [-0.39, 0.29) is 11.7 Å². The fraction of sp³-hybridized carbons (Fsp3) is 0.267. The van der Waals surface area contributed by atoms with Crippen LogP contribution in [-0.4, -0.2) is 28.9 Å². The van der Waals surface area contributed by atoms with Gasteiger partial charge in [0.1, 0.15) is 11.6 Å². The summed E-state index contributed by atoms with van der Waals surface area (Å²) in [7, 11) is 2.80. The van der Waals surface area contributed by atoms with E-state index in [1.165, 1.54) is 0 Å². The lowest BCUT2D eigenvalue weighted by molar-refractivity contribution is 0.0595. The van der Waals surface area contributed by atoms with Gasteiger partial charge >= 0.3 is 12.0 Å². The lowest BCUT2D eigenvalue weighted by Gasteiger charge is -2.14. The third kappa shape index (κ3) is 3.86. The highest BCUT2D eigenvalue weighted by Gasteiger charge is 2.18. The van der Waals surface area contributed by atoms with E-state index >= 15 is 0 Å². The van der Waals surface area contributed by atoms with Crippen molar-refractivity contribution in [3.8, 4) is 0 Å². The molecule has 0 saturated heterocycles. The lowest BCUT2D eigenvalue weighted by Crippen LogP contribution is -2.31. The quantitative estimate of drug-likeness (QED) is 0.838. The van der Waals surface area contributed by atoms with Crippen LogP contribution in [0.25, 0.3) is 0 Å². The number of ether oxygens (including phenoxy) is 1. The molecule has 9 heteroatoms. The van der Waals surface area contributed by atoms with Crippen molar-refractivity contribution in [2.45, 2.75) is 13.0 Å². The molecule has 7 nitrogen and oxygen atoms in total. The van der Waals surface area contributed by atoms with Gasteiger partial charge in [0.15, 0.2) is 0 Å². The Morgan fingerprint density at radius 2 is 2.00 bits per heavy atom. The molecule has 2 rings (SSSR count). The second kappa shape index (κ2) is 7.07. The molecule has 0 fully saturated rings. The fourth-order valence-electron chi connectivity index (χ4n) is 2.01. The van der Waals surface area contributed by atoms with Crippen molar-refractivity contribution in [2.75, 3.05) is 12.4 Å². The van der Waals surface area contributed by atoms with Crippen molar-refractivity contribution in [1.29, 1.82) is 0 Å². The van der Waals surface area contributed by atoms with E-state index in [0.717, 1.165) is 18.7 Å². The molecule has 1 aromatic carbocycles. The minimum Gasteiger partial charge on any atom is -0.465 e. The minimum atomic E-state index is -1.07. The highest BCUT2D eigenvalue weighted by atomic mass is 19.1. The number of methoxy groups -OCH3 is 1. The molecule has 24 heavy (non-hydrogen) atoms. The van der Waals surface area contributed by atoms with Crippen LogP contribution in [-0.2, 0) is 11.8 Å². The van der Waals surface area contributed by atoms with E-state index in [0.29, 0.717) is 6.07 Å². The van der Waals surface area contributed by atoms with Crippen LogP contribution in [0.5, 0.6) is 0 Å². The van der Waals surface area contributed by atoms with E-state index in [1.54, 1.807) is 31.0 Å². The molecule has 2 aromatic rings. The van der Waals surface area contributed by atoms with Crippen molar-refractivity contribution >= 4 is 17.7 Å². The number of nitrogens with one attached hydrogen (secondary N) is 2. The molecule has 0 aliphatic carbocycles. The Morgan fingerprint density at radius 1 is 1.29 bits per heavy atom. The van der Waals surface area contributed by atoms with E-state index < -0.39 is 29.2 Å². The van der Waals surface area contributed by atoms with E-state index in [9.17, 15) is 18.4 Å². The van der Waals surface area contributed by atoms with E-state index in [1.807, 2.05) is 0 Å². The minimum absolute atomic E-state index is 0.340. The zero-order valence-electron chi connectivity index (χ0n) is 13.3. The number of nitrogens with zero attached hydrogens (tertiary/aromatic N) is 2. The van der Waals surface area contributed by atoms with Gasteiger partial charge < -0.3 is 15.4 Å². The predicted octanol–water partition coefficient (Wildman–Crippen LogP) is 2.37. The van der Waals surface area contributed by atoms with Crippen molar-refractivity contribution in [3.63, 3.8) is 0 Å². The predicted molar refractivity (Wildman–Crippen MR) is 81.5 cm³/mol. The van der Waals surface area contributed by atoms with Crippen molar-refractivity contribution in [2.24, 2.45) is 7.05 Å². The summed E-state index contributed by atoms with van der Waals surface area (Å²) in [5.74, 6) is -3.06. The number of amides is 2. The van der Waals surface area contributed by atoms with Crippen LogP contribution in [0, 0.1) is 11.6 Å². The van der Waals surface area contributed by atoms with Gasteiger partial charge in [-0.2, -0.15) is 5.10 Å². The molecule has 2 N–H and O–H groups in total. The molecule has 1 atom stereocenters. The average Bonchev–Trinajstić information content (AvgIpc) is 2.96. The zero-order chi connectivity index (χ0) is 17.9. The molecule has 0 aliphatic heterocycles. The SMILES string of the molecule is COC(=O)c1cc(NC(=O)NC(C)c2cnn(C)c2)c(F)cc1F. The molecule has 0 radical (unpaired) electrons. The summed E-state index contributed by atoms with van der Waals surface area (Å²) in [6, 6.07) is 0.284. The first-order chi connectivity index (χ1) is 11.3. The maximum Gasteiger partial charge on any atom is 0.340 e. The Morgan fingerprint density at radius 3 is 2.58 bits per heavy atom. The van der Waals surface area contributed by atoms with Gasteiger partial charge in [0.25, 0.3) is 0 Å². The third-order valence-corrected chi connectivity index (χ3v) is 3.28. The first-order valence-electron chi connectivity index (χ1n) is 6.95. The molecule has 0 spiro atoms. The Balaban J connectivity index is 2.12. The smallest absolute Gasteiger partial charge is 0.340 e. The highest BCUT2D eigenvalue weighted by molar-refractivity contribution is 5.94. The maximum atomic E-state index is 13.8. The number of urea groups is 1. The largest absolute Gasteiger partial charge is 0.465 e. The number of anilines is 1. The van der Waals surface area contributed by atoms with Crippen LogP contribution < -0.4 is 10.6 Å². The summed E-state index contributed by atoms with van der Waals surface area (Å²) in [5, 5.41) is 8.81. The third-order valence-electron chi connectivity index (χ3n) is 3.28. The number of rotatable bonds is 4. The number of hydrogen-bond acceptors (Lipinski definition) is 4. The molecule has 0 aliphatic rings. The average molecular weight is 338 g/mol. The van der Waals surface area contributed by atoms with Gasteiger partial charge in [-0.05, 0) is 13.0 Å². The molecular weight excluding hydrogens is 322 g/mol. The molecule has 0 bridgehead atoms. The summed E-state index contributed by atoms with van der Waals surface area (Å²) < 4.78 is 33.3. The number of benzene rings is 1. The van der Waals surface area contributed by atoms with Crippen LogP contribution in [0.2, 0.25) is 0 Å². The van der Waals surface area contributed by atoms with Gasteiger partial charge in [-0.25, -0.2) is 18.4 Å². The van der Waals surface area contributed by atoms with E-state index in [4.69, 9.17) is 0 Å². The van der Waals surface area contributed by atoms with Crippen LogP contribution in [0.15, 0.2) is 24.5 Å². The number of hydrogen-bond donors (Lipinski definition) is 2. The monoisotopic (exact) mass is 338 g/mol. The van der Waals surface area contributed by atoms with Gasteiger partial charge in [0, 0.05) is 24.9 Å². The fourth-order valence-corrected chi connectivity index (χ4v) is 2.01. The number of esters is 1. The number of carbonyl (C=O) groups is 2. The van der Waals surface area contributed by atoms with Crippen molar-refractivity contribution in [1.82, 2.24) is 15.1 Å². The number of carbonyl (C=O) groups excluding carboxylic acids is 2. The second-order valence-corrected chi connectivity index (χ2v) is 5.07. The molecule has 2 amide bonds. The van der Waals surface area contributed by atoms with Crippen molar-refractivity contribution in [3.05, 3.63) is 47.3 Å². The summed E-state index contributed by atoms with van der Waals surface area (Å²) in [6.07, 6.45) is 3.30. The molecule has 1 aromatic heterocycles. The Kier molecular flexibility index (Phi) is 5.12. The van der Waals surface area contributed by atoms with Gasteiger partial charge in [0.2, 0.25) is 0 Å². The Hall–Kier alpha value is -2.97. The summed E-state index contributed by atoms with van der Waals surface area (Å²) in [5.41, 5.74) is -0.0651. The first kappa shape index (κ1) is 17.4. The van der Waals surface area contributed by atoms with Gasteiger partial charge in [-0.3, -0.25) is 4.68 Å². The number of halogens is 2. The van der Waals surface area contributed by atoms with Crippen molar-refractivity contribution < 1.29 is 23.1 Å². The van der Waals surface area contributed by atoms with Gasteiger partial charge in [0.05, 0.1) is 30.6 Å². The summed E-state index contributed by atoms with van der Waals surface area (Å²) >= 11 is 0. The normalized spacial score (nSPS) is 11.7. The van der Waals surface area contributed by atoms with Crippen LogP contribution >= 0.6 is 0 Å². The van der Waals surface area contributed by atoms with Gasteiger partial charge in [-0.1, -0.05) is 0 Å². The Bertz CT molecular complexity index is 776. The highest BCUT2D eigenvalue weighted by Crippen LogP contribution is 2.20. The number of aryl methyl sites for hydroxylation is 1. The van der Waals surface area contributed by atoms with E-state index in [2.05, 4.69) is 20.5 Å². The van der Waals surface area contributed by atoms with Crippen LogP contribution in [0.1, 0.15) is 28.9 Å².